The Labute approximate surface area is 104 Å². The summed E-state index contributed by atoms with van der Waals surface area (Å²) in [5.41, 5.74) is 0.311. The van der Waals surface area contributed by atoms with Crippen molar-refractivity contribution in [3.8, 4) is 0 Å². The summed E-state index contributed by atoms with van der Waals surface area (Å²) in [6, 6.07) is 5.55. The van der Waals surface area contributed by atoms with Gasteiger partial charge in [0.05, 0.1) is 0 Å². The summed E-state index contributed by atoms with van der Waals surface area (Å²) in [6.45, 7) is 0.967. The van der Waals surface area contributed by atoms with E-state index in [1.54, 1.807) is 11.0 Å². The third kappa shape index (κ3) is 2.85. The molecule has 5 heteroatoms. The average molecular weight is 251 g/mol. The number of carbonyl (C=O) groups excluding carboxylic acids is 1. The van der Waals surface area contributed by atoms with Gasteiger partial charge in [-0.3, -0.25) is 9.59 Å². The third-order valence-electron chi connectivity index (χ3n) is 3.11. The van der Waals surface area contributed by atoms with Gasteiger partial charge in [0, 0.05) is 25.1 Å². The molecule has 96 valence electrons. The first-order valence-corrected chi connectivity index (χ1v) is 5.83. The van der Waals surface area contributed by atoms with E-state index < -0.39 is 11.8 Å². The molecular weight excluding hydrogens is 237 g/mol. The second-order valence-electron chi connectivity index (χ2n) is 4.51. The number of likely N-dealkylation sites (tertiary alicyclic amines) is 1. The van der Waals surface area contributed by atoms with Crippen LogP contribution in [-0.2, 0) is 4.79 Å². The van der Waals surface area contributed by atoms with Gasteiger partial charge in [-0.25, -0.2) is 4.39 Å². The highest BCUT2D eigenvalue weighted by molar-refractivity contribution is 5.94. The fourth-order valence-electron chi connectivity index (χ4n) is 2.23. The number of halogens is 1. The van der Waals surface area contributed by atoms with Crippen molar-refractivity contribution in [2.75, 3.05) is 13.1 Å². The van der Waals surface area contributed by atoms with Gasteiger partial charge < -0.3 is 10.0 Å². The number of hydrogen-bond acceptors (Lipinski definition) is 2. The molecule has 1 N–H and O–H groups in total. The van der Waals surface area contributed by atoms with Crippen LogP contribution in [0.25, 0.3) is 0 Å². The van der Waals surface area contributed by atoms with Crippen molar-refractivity contribution < 1.29 is 19.1 Å². The SMILES string of the molecule is O=C(O)CC1CCN(C(=O)c2cccc(F)c2)C1. The molecule has 1 heterocycles. The van der Waals surface area contributed by atoms with Gasteiger partial charge in [-0.05, 0) is 30.5 Å². The van der Waals surface area contributed by atoms with Crippen molar-refractivity contribution in [2.24, 2.45) is 5.92 Å². The lowest BCUT2D eigenvalue weighted by Gasteiger charge is -2.16. The van der Waals surface area contributed by atoms with E-state index in [0.717, 1.165) is 0 Å². The fraction of sp³-hybridized carbons (Fsp3) is 0.385. The zero-order valence-corrected chi connectivity index (χ0v) is 9.80. The summed E-state index contributed by atoms with van der Waals surface area (Å²) in [5, 5.41) is 8.70. The molecule has 1 saturated heterocycles. The lowest BCUT2D eigenvalue weighted by atomic mass is 10.1. The highest BCUT2D eigenvalue weighted by atomic mass is 19.1. The van der Waals surface area contributed by atoms with Gasteiger partial charge in [0.15, 0.2) is 0 Å². The van der Waals surface area contributed by atoms with E-state index in [1.165, 1.54) is 18.2 Å². The first-order chi connectivity index (χ1) is 8.56. The second-order valence-corrected chi connectivity index (χ2v) is 4.51. The molecule has 1 aliphatic heterocycles. The largest absolute Gasteiger partial charge is 0.481 e. The standard InChI is InChI=1S/C13H14FNO3/c14-11-3-1-2-10(7-11)13(18)15-5-4-9(8-15)6-12(16)17/h1-3,7,9H,4-6,8H2,(H,16,17). The molecule has 0 aliphatic carbocycles. The molecular formula is C13H14FNO3. The first-order valence-electron chi connectivity index (χ1n) is 5.83. The zero-order chi connectivity index (χ0) is 13.1. The van der Waals surface area contributed by atoms with E-state index >= 15 is 0 Å². The number of hydrogen-bond donors (Lipinski definition) is 1. The number of amides is 1. The van der Waals surface area contributed by atoms with E-state index in [9.17, 15) is 14.0 Å². The number of carboxylic acids is 1. The molecule has 1 atom stereocenters. The molecule has 1 aliphatic rings. The Bertz CT molecular complexity index is 475. The summed E-state index contributed by atoms with van der Waals surface area (Å²) < 4.78 is 13.0. The highest BCUT2D eigenvalue weighted by Crippen LogP contribution is 2.21. The molecule has 0 radical (unpaired) electrons. The number of aliphatic carboxylic acids is 1. The van der Waals surface area contributed by atoms with Crippen LogP contribution in [0.3, 0.4) is 0 Å². The zero-order valence-electron chi connectivity index (χ0n) is 9.80. The van der Waals surface area contributed by atoms with Crippen molar-refractivity contribution in [2.45, 2.75) is 12.8 Å². The van der Waals surface area contributed by atoms with Crippen LogP contribution in [0.5, 0.6) is 0 Å². The van der Waals surface area contributed by atoms with Gasteiger partial charge in [-0.1, -0.05) is 6.07 Å². The third-order valence-corrected chi connectivity index (χ3v) is 3.11. The van der Waals surface area contributed by atoms with E-state index in [4.69, 9.17) is 5.11 Å². The van der Waals surface area contributed by atoms with Crippen molar-refractivity contribution in [3.63, 3.8) is 0 Å². The molecule has 0 aromatic heterocycles. The van der Waals surface area contributed by atoms with E-state index in [1.807, 2.05) is 0 Å². The normalized spacial score (nSPS) is 18.9. The molecule has 1 aromatic carbocycles. The molecule has 18 heavy (non-hydrogen) atoms. The summed E-state index contributed by atoms with van der Waals surface area (Å²) >= 11 is 0. The van der Waals surface area contributed by atoms with Crippen LogP contribution in [0, 0.1) is 11.7 Å². The first kappa shape index (κ1) is 12.5. The predicted molar refractivity (Wildman–Crippen MR) is 62.7 cm³/mol. The molecule has 1 aromatic rings. The Morgan fingerprint density at radius 3 is 2.89 bits per heavy atom. The average Bonchev–Trinajstić information content (AvgIpc) is 2.75. The second kappa shape index (κ2) is 5.16. The number of carbonyl (C=O) groups is 2. The summed E-state index contributed by atoms with van der Waals surface area (Å²) in [5.74, 6) is -1.52. The van der Waals surface area contributed by atoms with Crippen molar-refractivity contribution >= 4 is 11.9 Å². The highest BCUT2D eigenvalue weighted by Gasteiger charge is 2.28. The van der Waals surface area contributed by atoms with Crippen molar-refractivity contribution in [3.05, 3.63) is 35.6 Å². The van der Waals surface area contributed by atoms with Crippen molar-refractivity contribution in [1.29, 1.82) is 0 Å². The van der Waals surface area contributed by atoms with Gasteiger partial charge in [0.2, 0.25) is 0 Å². The van der Waals surface area contributed by atoms with Crippen molar-refractivity contribution in [1.82, 2.24) is 4.90 Å². The quantitative estimate of drug-likeness (QED) is 0.890. The Hall–Kier alpha value is -1.91. The minimum atomic E-state index is -0.847. The fourth-order valence-corrected chi connectivity index (χ4v) is 2.23. The lowest BCUT2D eigenvalue weighted by molar-refractivity contribution is -0.138. The van der Waals surface area contributed by atoms with E-state index in [2.05, 4.69) is 0 Å². The Kier molecular flexibility index (Phi) is 3.60. The molecule has 1 unspecified atom stereocenters. The maximum Gasteiger partial charge on any atom is 0.303 e. The predicted octanol–water partition coefficient (Wildman–Crippen LogP) is 1.76. The van der Waals surface area contributed by atoms with Gasteiger partial charge in [-0.15, -0.1) is 0 Å². The molecule has 1 fully saturated rings. The molecule has 0 bridgehead atoms. The van der Waals surface area contributed by atoms with Gasteiger partial charge in [-0.2, -0.15) is 0 Å². The Balaban J connectivity index is 2.01. The topological polar surface area (TPSA) is 57.6 Å². The minimum absolute atomic E-state index is 0.00000850. The Morgan fingerprint density at radius 1 is 1.44 bits per heavy atom. The van der Waals surface area contributed by atoms with Gasteiger partial charge >= 0.3 is 5.97 Å². The number of benzene rings is 1. The van der Waals surface area contributed by atoms with Crippen LogP contribution in [0.15, 0.2) is 24.3 Å². The number of rotatable bonds is 3. The summed E-state index contributed by atoms with van der Waals surface area (Å²) in [6.07, 6.45) is 0.764. The van der Waals surface area contributed by atoms with Crippen LogP contribution >= 0.6 is 0 Å². The van der Waals surface area contributed by atoms with Crippen LogP contribution in [-0.4, -0.2) is 35.0 Å². The molecule has 1 amide bonds. The van der Waals surface area contributed by atoms with Gasteiger partial charge in [0.1, 0.15) is 5.82 Å². The smallest absolute Gasteiger partial charge is 0.303 e. The van der Waals surface area contributed by atoms with Crippen LogP contribution in [0.1, 0.15) is 23.2 Å². The lowest BCUT2D eigenvalue weighted by Crippen LogP contribution is -2.29. The molecule has 0 saturated carbocycles. The maximum atomic E-state index is 13.0. The monoisotopic (exact) mass is 251 g/mol. The number of nitrogens with zero attached hydrogens (tertiary/aromatic N) is 1. The van der Waals surface area contributed by atoms with Crippen LogP contribution < -0.4 is 0 Å². The Morgan fingerprint density at radius 2 is 2.22 bits per heavy atom. The summed E-state index contributed by atoms with van der Waals surface area (Å²) in [7, 11) is 0. The van der Waals surface area contributed by atoms with Gasteiger partial charge in [0.25, 0.3) is 5.91 Å². The summed E-state index contributed by atoms with van der Waals surface area (Å²) in [4.78, 5) is 24.2. The molecule has 4 nitrogen and oxygen atoms in total. The van der Waals surface area contributed by atoms with Crippen LogP contribution in [0.2, 0.25) is 0 Å². The minimum Gasteiger partial charge on any atom is -0.481 e. The maximum absolute atomic E-state index is 13.0. The van der Waals surface area contributed by atoms with E-state index in [-0.39, 0.29) is 18.2 Å². The molecule has 2 rings (SSSR count). The number of carboxylic acid groups (broad SMARTS) is 1. The van der Waals surface area contributed by atoms with E-state index in [0.29, 0.717) is 25.1 Å². The molecule has 0 spiro atoms. The van der Waals surface area contributed by atoms with Crippen LogP contribution in [0.4, 0.5) is 4.39 Å².